The fourth-order valence-electron chi connectivity index (χ4n) is 1.33. The molecule has 3 N–H and O–H groups in total. The molecule has 6 heteroatoms. The summed E-state index contributed by atoms with van der Waals surface area (Å²) in [6.07, 6.45) is 1.48. The quantitative estimate of drug-likeness (QED) is 0.598. The van der Waals surface area contributed by atoms with Gasteiger partial charge in [-0.3, -0.25) is 10.1 Å². The molecule has 0 atom stereocenters. The normalized spacial score (nSPS) is 10.2. The molecule has 0 amide bonds. The van der Waals surface area contributed by atoms with Crippen molar-refractivity contribution in [1.82, 2.24) is 14.8 Å². The summed E-state index contributed by atoms with van der Waals surface area (Å²) in [4.78, 5) is 4.05. The van der Waals surface area contributed by atoms with Gasteiger partial charge in [0.05, 0.1) is 0 Å². The maximum Gasteiger partial charge on any atom is 0.164 e. The Balaban J connectivity index is 2.00. The maximum atomic E-state index is 7.26. The molecule has 1 aromatic heterocycles. The number of ether oxygens (including phenoxy) is 1. The molecule has 0 aliphatic rings. The van der Waals surface area contributed by atoms with Crippen molar-refractivity contribution >= 4 is 5.84 Å². The molecule has 0 aliphatic carbocycles. The summed E-state index contributed by atoms with van der Waals surface area (Å²) in [6, 6.07) is 7.03. The molecule has 0 bridgehead atoms. The van der Waals surface area contributed by atoms with E-state index in [-0.39, 0.29) is 5.84 Å². The average Bonchev–Trinajstić information content (AvgIpc) is 2.73. The summed E-state index contributed by atoms with van der Waals surface area (Å²) < 4.78 is 7.19. The number of hydrogen-bond donors (Lipinski definition) is 2. The van der Waals surface area contributed by atoms with Crippen LogP contribution in [0.2, 0.25) is 0 Å². The number of rotatable bonds is 4. The van der Waals surface area contributed by atoms with E-state index in [2.05, 4.69) is 10.1 Å². The fraction of sp³-hybridized carbons (Fsp3) is 0.182. The molecule has 2 aromatic rings. The van der Waals surface area contributed by atoms with E-state index in [1.165, 1.54) is 6.33 Å². The van der Waals surface area contributed by atoms with E-state index in [0.29, 0.717) is 17.9 Å². The predicted molar refractivity (Wildman–Crippen MR) is 62.8 cm³/mol. The van der Waals surface area contributed by atoms with Gasteiger partial charge in [-0.25, -0.2) is 4.98 Å². The second kappa shape index (κ2) is 4.65. The highest BCUT2D eigenvalue weighted by Crippen LogP contribution is 2.13. The number of nitrogens with one attached hydrogen (secondary N) is 1. The first-order valence-corrected chi connectivity index (χ1v) is 5.07. The van der Waals surface area contributed by atoms with Gasteiger partial charge in [0, 0.05) is 12.6 Å². The Hall–Kier alpha value is -2.37. The summed E-state index contributed by atoms with van der Waals surface area (Å²) in [5, 5.41) is 11.2. The van der Waals surface area contributed by atoms with E-state index < -0.39 is 0 Å². The molecule has 0 saturated heterocycles. The van der Waals surface area contributed by atoms with Crippen LogP contribution < -0.4 is 10.5 Å². The summed E-state index contributed by atoms with van der Waals surface area (Å²) in [6.45, 7) is 0.357. The third-order valence-electron chi connectivity index (χ3n) is 2.34. The molecule has 88 valence electrons. The van der Waals surface area contributed by atoms with Crippen LogP contribution >= 0.6 is 0 Å². The topological polar surface area (TPSA) is 89.8 Å². The number of amidine groups is 1. The van der Waals surface area contributed by atoms with Crippen molar-refractivity contribution in [3.8, 4) is 5.75 Å². The van der Waals surface area contributed by atoms with Gasteiger partial charge in [0.15, 0.2) is 5.82 Å². The van der Waals surface area contributed by atoms with Gasteiger partial charge >= 0.3 is 0 Å². The van der Waals surface area contributed by atoms with E-state index in [0.717, 1.165) is 5.82 Å². The van der Waals surface area contributed by atoms with Crippen LogP contribution in [-0.2, 0) is 13.7 Å². The number of hydrogen-bond acceptors (Lipinski definition) is 4. The van der Waals surface area contributed by atoms with E-state index in [4.69, 9.17) is 15.9 Å². The minimum Gasteiger partial charge on any atom is -0.486 e. The minimum atomic E-state index is 0.0462. The van der Waals surface area contributed by atoms with Gasteiger partial charge in [-0.1, -0.05) is 0 Å². The van der Waals surface area contributed by atoms with Gasteiger partial charge in [-0.2, -0.15) is 5.10 Å². The highest BCUT2D eigenvalue weighted by Gasteiger charge is 2.02. The van der Waals surface area contributed by atoms with Gasteiger partial charge < -0.3 is 10.5 Å². The number of nitrogens with zero attached hydrogens (tertiary/aromatic N) is 3. The molecule has 0 spiro atoms. The van der Waals surface area contributed by atoms with Gasteiger partial charge in [-0.05, 0) is 24.3 Å². The molecule has 6 nitrogen and oxygen atoms in total. The Morgan fingerprint density at radius 1 is 1.41 bits per heavy atom. The van der Waals surface area contributed by atoms with Crippen molar-refractivity contribution in [2.45, 2.75) is 6.61 Å². The van der Waals surface area contributed by atoms with E-state index in [1.54, 1.807) is 28.9 Å². The van der Waals surface area contributed by atoms with Crippen LogP contribution in [0.5, 0.6) is 5.75 Å². The first-order chi connectivity index (χ1) is 8.16. The maximum absolute atomic E-state index is 7.26. The largest absolute Gasteiger partial charge is 0.486 e. The van der Waals surface area contributed by atoms with Gasteiger partial charge in [-0.15, -0.1) is 0 Å². The minimum absolute atomic E-state index is 0.0462. The summed E-state index contributed by atoms with van der Waals surface area (Å²) in [5.41, 5.74) is 6.03. The smallest absolute Gasteiger partial charge is 0.164 e. The number of aryl methyl sites for hydroxylation is 1. The number of nitrogens with two attached hydrogens (primary N) is 1. The molecule has 0 saturated carbocycles. The third kappa shape index (κ3) is 2.60. The first-order valence-electron chi connectivity index (χ1n) is 5.07. The second-order valence-electron chi connectivity index (χ2n) is 3.53. The van der Waals surface area contributed by atoms with Crippen LogP contribution in [0.25, 0.3) is 0 Å². The standard InChI is InChI=1S/C11H13N5O/c1-16-10(14-7-15-16)6-17-9-4-2-8(3-5-9)11(12)13/h2-5,7H,6H2,1H3,(H3,12,13). The fourth-order valence-corrected chi connectivity index (χ4v) is 1.33. The Morgan fingerprint density at radius 3 is 2.65 bits per heavy atom. The van der Waals surface area contributed by atoms with Crippen LogP contribution in [-0.4, -0.2) is 20.6 Å². The zero-order valence-electron chi connectivity index (χ0n) is 9.42. The molecular formula is C11H13N5O. The summed E-state index contributed by atoms with van der Waals surface area (Å²) in [5.74, 6) is 1.50. The monoisotopic (exact) mass is 231 g/mol. The lowest BCUT2D eigenvalue weighted by molar-refractivity contribution is 0.290. The van der Waals surface area contributed by atoms with Crippen molar-refractivity contribution < 1.29 is 4.74 Å². The molecule has 2 rings (SSSR count). The van der Waals surface area contributed by atoms with Crippen LogP contribution in [0.15, 0.2) is 30.6 Å². The van der Waals surface area contributed by atoms with Crippen LogP contribution in [0, 0.1) is 5.41 Å². The number of aromatic nitrogens is 3. The van der Waals surface area contributed by atoms with Crippen LogP contribution in [0.1, 0.15) is 11.4 Å². The highest BCUT2D eigenvalue weighted by molar-refractivity contribution is 5.94. The molecule has 1 aromatic carbocycles. The molecule has 0 aliphatic heterocycles. The van der Waals surface area contributed by atoms with Crippen molar-refractivity contribution in [2.75, 3.05) is 0 Å². The van der Waals surface area contributed by atoms with E-state index >= 15 is 0 Å². The highest BCUT2D eigenvalue weighted by atomic mass is 16.5. The number of benzene rings is 1. The summed E-state index contributed by atoms with van der Waals surface area (Å²) in [7, 11) is 1.81. The molecule has 0 radical (unpaired) electrons. The van der Waals surface area contributed by atoms with E-state index in [9.17, 15) is 0 Å². The van der Waals surface area contributed by atoms with E-state index in [1.807, 2.05) is 7.05 Å². The third-order valence-corrected chi connectivity index (χ3v) is 2.34. The van der Waals surface area contributed by atoms with Crippen molar-refractivity contribution in [3.05, 3.63) is 42.0 Å². The van der Waals surface area contributed by atoms with Gasteiger partial charge in [0.2, 0.25) is 0 Å². The Kier molecular flexibility index (Phi) is 3.04. The zero-order valence-corrected chi connectivity index (χ0v) is 9.42. The van der Waals surface area contributed by atoms with Crippen molar-refractivity contribution in [1.29, 1.82) is 5.41 Å². The average molecular weight is 231 g/mol. The predicted octanol–water partition coefficient (Wildman–Crippen LogP) is 0.678. The summed E-state index contributed by atoms with van der Waals surface area (Å²) >= 11 is 0. The molecule has 17 heavy (non-hydrogen) atoms. The van der Waals surface area contributed by atoms with Gasteiger partial charge in [0.25, 0.3) is 0 Å². The molecule has 0 fully saturated rings. The Morgan fingerprint density at radius 2 is 2.12 bits per heavy atom. The Labute approximate surface area is 98.5 Å². The van der Waals surface area contributed by atoms with Gasteiger partial charge in [0.1, 0.15) is 24.5 Å². The SMILES string of the molecule is Cn1ncnc1COc1ccc(C(=N)N)cc1. The van der Waals surface area contributed by atoms with Crippen molar-refractivity contribution in [3.63, 3.8) is 0 Å². The Bertz CT molecular complexity index is 517. The van der Waals surface area contributed by atoms with Crippen molar-refractivity contribution in [2.24, 2.45) is 12.8 Å². The molecular weight excluding hydrogens is 218 g/mol. The second-order valence-corrected chi connectivity index (χ2v) is 3.53. The molecule has 0 unspecified atom stereocenters. The lowest BCUT2D eigenvalue weighted by Crippen LogP contribution is -2.10. The zero-order chi connectivity index (χ0) is 12.3. The van der Waals surface area contributed by atoms with Crippen LogP contribution in [0.3, 0.4) is 0 Å². The van der Waals surface area contributed by atoms with Crippen LogP contribution in [0.4, 0.5) is 0 Å². The first kappa shape index (κ1) is 11.1. The lowest BCUT2D eigenvalue weighted by atomic mass is 10.2. The lowest BCUT2D eigenvalue weighted by Gasteiger charge is -2.06. The molecule has 1 heterocycles. The number of nitrogen functional groups attached to an aromatic ring is 1.